The average Bonchev–Trinajstić information content (AvgIpc) is 2.84. The van der Waals surface area contributed by atoms with Crippen LogP contribution in [-0.4, -0.2) is 55.9 Å². The van der Waals surface area contributed by atoms with Crippen LogP contribution in [0.2, 0.25) is 5.22 Å². The van der Waals surface area contributed by atoms with Crippen molar-refractivity contribution in [3.63, 3.8) is 0 Å². The van der Waals surface area contributed by atoms with Crippen molar-refractivity contribution in [2.45, 2.75) is 26.2 Å². The van der Waals surface area contributed by atoms with E-state index >= 15 is 0 Å². The molecule has 22 heavy (non-hydrogen) atoms. The van der Waals surface area contributed by atoms with Gasteiger partial charge in [0.15, 0.2) is 0 Å². The van der Waals surface area contributed by atoms with E-state index in [1.165, 1.54) is 0 Å². The molecule has 7 heteroatoms. The van der Waals surface area contributed by atoms with Crippen LogP contribution in [0.4, 0.5) is 0 Å². The maximum absolute atomic E-state index is 12.0. The predicted octanol–water partition coefficient (Wildman–Crippen LogP) is 1.65. The third kappa shape index (κ3) is 4.97. The fourth-order valence-electron chi connectivity index (χ4n) is 2.67. The van der Waals surface area contributed by atoms with Gasteiger partial charge in [0.2, 0.25) is 11.1 Å². The van der Waals surface area contributed by atoms with Crippen molar-refractivity contribution in [1.82, 2.24) is 15.4 Å². The summed E-state index contributed by atoms with van der Waals surface area (Å²) in [6.07, 6.45) is 2.44. The molecule has 1 aliphatic heterocycles. The van der Waals surface area contributed by atoms with Crippen LogP contribution in [0.25, 0.3) is 0 Å². The highest BCUT2D eigenvalue weighted by Crippen LogP contribution is 2.20. The van der Waals surface area contributed by atoms with Crippen LogP contribution < -0.4 is 5.32 Å². The first kappa shape index (κ1) is 17.2. The van der Waals surface area contributed by atoms with Crippen molar-refractivity contribution in [2.24, 2.45) is 5.92 Å². The van der Waals surface area contributed by atoms with E-state index in [0.29, 0.717) is 17.2 Å². The minimum absolute atomic E-state index is 0.0324. The smallest absolute Gasteiger partial charge is 0.229 e. The van der Waals surface area contributed by atoms with E-state index in [0.717, 1.165) is 45.6 Å². The van der Waals surface area contributed by atoms with Crippen molar-refractivity contribution in [3.05, 3.63) is 16.5 Å². The lowest BCUT2D eigenvalue weighted by Gasteiger charge is -2.31. The average molecular weight is 330 g/mol. The molecule has 1 aliphatic rings. The molecule has 1 N–H and O–H groups in total. The summed E-state index contributed by atoms with van der Waals surface area (Å²) in [4.78, 5) is 14.4. The number of hydrogen-bond donors (Lipinski definition) is 1. The number of methoxy groups -OCH3 is 1. The fraction of sp³-hybridized carbons (Fsp3) is 0.733. The highest BCUT2D eigenvalue weighted by molar-refractivity contribution is 6.29. The summed E-state index contributed by atoms with van der Waals surface area (Å²) >= 11 is 5.87. The van der Waals surface area contributed by atoms with E-state index in [-0.39, 0.29) is 17.5 Å². The van der Waals surface area contributed by atoms with Crippen molar-refractivity contribution in [2.75, 3.05) is 39.9 Å². The van der Waals surface area contributed by atoms with Crippen LogP contribution >= 0.6 is 11.6 Å². The minimum atomic E-state index is -0.0324. The molecule has 0 aliphatic carbocycles. The molecule has 1 fully saturated rings. The lowest BCUT2D eigenvalue weighted by atomic mass is 9.96. The van der Waals surface area contributed by atoms with Gasteiger partial charge >= 0.3 is 0 Å². The summed E-state index contributed by atoms with van der Waals surface area (Å²) in [6.45, 7) is 6.41. The molecule has 0 atom stereocenters. The number of amides is 1. The molecule has 1 aromatic rings. The first-order valence-corrected chi connectivity index (χ1v) is 8.06. The van der Waals surface area contributed by atoms with Gasteiger partial charge in [0.1, 0.15) is 0 Å². The summed E-state index contributed by atoms with van der Waals surface area (Å²) in [5, 5.41) is 6.95. The number of carbonyl (C=O) groups is 1. The largest absolute Gasteiger partial charge is 0.383 e. The second-order valence-electron chi connectivity index (χ2n) is 5.78. The zero-order valence-corrected chi connectivity index (χ0v) is 14.0. The lowest BCUT2D eigenvalue weighted by Crippen LogP contribution is -2.40. The van der Waals surface area contributed by atoms with Gasteiger partial charge < -0.3 is 19.5 Å². The standard InChI is InChI=1S/C15H24ClN3O3/c1-11-13(15(16)22-18-11)9-14(20)17-10-12-3-5-19(6-4-12)7-8-21-2/h12H,3-10H2,1-2H3,(H,17,20). The summed E-state index contributed by atoms with van der Waals surface area (Å²) in [7, 11) is 1.73. The molecule has 6 nitrogen and oxygen atoms in total. The molecule has 0 spiro atoms. The molecular weight excluding hydrogens is 306 g/mol. The lowest BCUT2D eigenvalue weighted by molar-refractivity contribution is -0.120. The van der Waals surface area contributed by atoms with Crippen LogP contribution in [0.1, 0.15) is 24.1 Å². The molecule has 0 radical (unpaired) electrons. The number of hydrogen-bond acceptors (Lipinski definition) is 5. The Morgan fingerprint density at radius 1 is 1.50 bits per heavy atom. The number of aryl methyl sites for hydroxylation is 1. The Morgan fingerprint density at radius 3 is 2.82 bits per heavy atom. The number of aromatic nitrogens is 1. The number of nitrogens with one attached hydrogen (secondary N) is 1. The Bertz CT molecular complexity index is 465. The zero-order chi connectivity index (χ0) is 15.9. The quantitative estimate of drug-likeness (QED) is 0.824. The summed E-state index contributed by atoms with van der Waals surface area (Å²) in [5.74, 6) is 0.511. The van der Waals surface area contributed by atoms with E-state index in [9.17, 15) is 4.79 Å². The molecule has 0 bridgehead atoms. The van der Waals surface area contributed by atoms with E-state index in [4.69, 9.17) is 20.9 Å². The molecule has 2 rings (SSSR count). The van der Waals surface area contributed by atoms with E-state index in [2.05, 4.69) is 15.4 Å². The number of halogens is 1. The Kier molecular flexibility index (Phi) is 6.67. The molecule has 2 heterocycles. The van der Waals surface area contributed by atoms with Gasteiger partial charge in [-0.2, -0.15) is 0 Å². The molecule has 124 valence electrons. The van der Waals surface area contributed by atoms with Crippen molar-refractivity contribution in [3.8, 4) is 0 Å². The van der Waals surface area contributed by atoms with Gasteiger partial charge in [-0.25, -0.2) is 0 Å². The van der Waals surface area contributed by atoms with Gasteiger partial charge in [-0.1, -0.05) is 5.16 Å². The molecule has 0 saturated carbocycles. The Hall–Kier alpha value is -1.11. The Balaban J connectivity index is 1.67. The van der Waals surface area contributed by atoms with Crippen LogP contribution in [0.5, 0.6) is 0 Å². The van der Waals surface area contributed by atoms with Gasteiger partial charge in [-0.05, 0) is 50.4 Å². The molecular formula is C15H24ClN3O3. The van der Waals surface area contributed by atoms with E-state index in [1.807, 2.05) is 0 Å². The summed E-state index contributed by atoms with van der Waals surface area (Å²) in [6, 6.07) is 0. The van der Waals surface area contributed by atoms with Crippen LogP contribution in [0.15, 0.2) is 4.52 Å². The van der Waals surface area contributed by atoms with Crippen LogP contribution in [0.3, 0.4) is 0 Å². The second-order valence-corrected chi connectivity index (χ2v) is 6.12. The second kappa shape index (κ2) is 8.50. The maximum atomic E-state index is 12.0. The normalized spacial score (nSPS) is 16.9. The number of carbonyl (C=O) groups excluding carboxylic acids is 1. The minimum Gasteiger partial charge on any atom is -0.383 e. The fourth-order valence-corrected chi connectivity index (χ4v) is 2.91. The number of ether oxygens (including phenoxy) is 1. The zero-order valence-electron chi connectivity index (χ0n) is 13.2. The topological polar surface area (TPSA) is 67.6 Å². The molecule has 1 aromatic heterocycles. The SMILES string of the molecule is COCCN1CCC(CNC(=O)Cc2c(C)noc2Cl)CC1. The summed E-state index contributed by atoms with van der Waals surface area (Å²) in [5.41, 5.74) is 1.35. The van der Waals surface area contributed by atoms with E-state index in [1.54, 1.807) is 14.0 Å². The molecule has 1 saturated heterocycles. The first-order chi connectivity index (χ1) is 10.6. The number of nitrogens with zero attached hydrogens (tertiary/aromatic N) is 2. The van der Waals surface area contributed by atoms with Crippen molar-refractivity contribution in [1.29, 1.82) is 0 Å². The third-order valence-electron chi connectivity index (χ3n) is 4.18. The highest BCUT2D eigenvalue weighted by Gasteiger charge is 2.20. The number of likely N-dealkylation sites (tertiary alicyclic amines) is 1. The summed E-state index contributed by atoms with van der Waals surface area (Å²) < 4.78 is 9.95. The molecule has 0 aromatic carbocycles. The molecule has 0 unspecified atom stereocenters. The third-order valence-corrected chi connectivity index (χ3v) is 4.48. The maximum Gasteiger partial charge on any atom is 0.229 e. The van der Waals surface area contributed by atoms with Gasteiger partial charge in [-0.15, -0.1) is 0 Å². The molecule has 1 amide bonds. The van der Waals surface area contributed by atoms with Gasteiger partial charge in [0.05, 0.1) is 18.7 Å². The highest BCUT2D eigenvalue weighted by atomic mass is 35.5. The number of piperidine rings is 1. The Morgan fingerprint density at radius 2 is 2.23 bits per heavy atom. The van der Waals surface area contributed by atoms with Gasteiger partial charge in [0.25, 0.3) is 0 Å². The Labute approximate surface area is 136 Å². The van der Waals surface area contributed by atoms with Gasteiger partial charge in [0, 0.05) is 25.8 Å². The van der Waals surface area contributed by atoms with Crippen molar-refractivity contribution < 1.29 is 14.1 Å². The van der Waals surface area contributed by atoms with Crippen molar-refractivity contribution >= 4 is 17.5 Å². The van der Waals surface area contributed by atoms with Gasteiger partial charge in [-0.3, -0.25) is 4.79 Å². The first-order valence-electron chi connectivity index (χ1n) is 7.68. The monoisotopic (exact) mass is 329 g/mol. The predicted molar refractivity (Wildman–Crippen MR) is 84.0 cm³/mol. The van der Waals surface area contributed by atoms with Crippen LogP contribution in [-0.2, 0) is 16.0 Å². The number of rotatable bonds is 7. The van der Waals surface area contributed by atoms with E-state index < -0.39 is 0 Å². The van der Waals surface area contributed by atoms with Crippen LogP contribution in [0, 0.1) is 12.8 Å².